The maximum atomic E-state index is 12.8. The van der Waals surface area contributed by atoms with Gasteiger partial charge in [0.1, 0.15) is 0 Å². The average Bonchev–Trinajstić information content (AvgIpc) is 3.07. The van der Waals surface area contributed by atoms with Crippen LogP contribution in [0.4, 0.5) is 0 Å². The maximum absolute atomic E-state index is 12.8. The largest absolute Gasteiger partial charge is 0.433 e. The van der Waals surface area contributed by atoms with Crippen molar-refractivity contribution in [1.29, 1.82) is 0 Å². The number of carbonyl (C=O) groups excluding carboxylic acids is 1. The average molecular weight is 288 g/mol. The Morgan fingerprint density at radius 1 is 1.10 bits per heavy atom. The van der Waals surface area contributed by atoms with E-state index in [0.29, 0.717) is 0 Å². The summed E-state index contributed by atoms with van der Waals surface area (Å²) in [4.78, 5) is 12.8. The topological polar surface area (TPSA) is 35.5 Å². The molecule has 0 N–H and O–H groups in total. The Morgan fingerprint density at radius 3 is 2.24 bits per heavy atom. The Labute approximate surface area is 126 Å². The van der Waals surface area contributed by atoms with Crippen LogP contribution in [0.25, 0.3) is 0 Å². The number of esters is 1. The van der Waals surface area contributed by atoms with Crippen LogP contribution in [0.1, 0.15) is 52.0 Å². The van der Waals surface area contributed by atoms with Gasteiger partial charge in [0, 0.05) is 11.3 Å². The fraction of sp³-hybridized carbons (Fsp3) is 0.611. The minimum absolute atomic E-state index is 0.208. The van der Waals surface area contributed by atoms with Gasteiger partial charge in [0.2, 0.25) is 6.29 Å². The summed E-state index contributed by atoms with van der Waals surface area (Å²) in [6, 6.07) is 9.88. The maximum Gasteiger partial charge on any atom is 0.345 e. The number of hydrogen-bond acceptors (Lipinski definition) is 3. The number of carbonyl (C=O) groups is 1. The van der Waals surface area contributed by atoms with Crippen LogP contribution in [-0.4, -0.2) is 12.3 Å². The van der Waals surface area contributed by atoms with Gasteiger partial charge in [-0.15, -0.1) is 0 Å². The molecule has 3 nitrogen and oxygen atoms in total. The van der Waals surface area contributed by atoms with Gasteiger partial charge in [-0.2, -0.15) is 0 Å². The van der Waals surface area contributed by atoms with Crippen LogP contribution >= 0.6 is 0 Å². The lowest BCUT2D eigenvalue weighted by Gasteiger charge is -2.33. The summed E-state index contributed by atoms with van der Waals surface area (Å²) >= 11 is 0. The summed E-state index contributed by atoms with van der Waals surface area (Å²) in [6.45, 7) is 6.13. The van der Waals surface area contributed by atoms with Gasteiger partial charge < -0.3 is 9.47 Å². The highest BCUT2D eigenvalue weighted by Gasteiger charge is 2.59. The highest BCUT2D eigenvalue weighted by Crippen LogP contribution is 2.50. The van der Waals surface area contributed by atoms with E-state index in [2.05, 4.69) is 0 Å². The van der Waals surface area contributed by atoms with Gasteiger partial charge in [0.25, 0.3) is 0 Å². The molecule has 114 valence electrons. The summed E-state index contributed by atoms with van der Waals surface area (Å²) in [6.07, 6.45) is 3.90. The van der Waals surface area contributed by atoms with Crippen molar-refractivity contribution < 1.29 is 14.3 Å². The number of ether oxygens (including phenoxy) is 2. The van der Waals surface area contributed by atoms with Crippen LogP contribution in [0, 0.1) is 11.3 Å². The Balaban J connectivity index is 2.03. The third-order valence-corrected chi connectivity index (χ3v) is 4.65. The standard InChI is InChI=1S/C18H24O3/c1-17(2,3)16-20-15(19)18(21-16,14-11-7-8-12-14)13-9-5-4-6-10-13/h4-6,9-10,14,16H,7-8,11-12H2,1-3H3/t16-,18-/m0/s1. The fourth-order valence-corrected chi connectivity index (χ4v) is 3.48. The molecule has 3 heteroatoms. The van der Waals surface area contributed by atoms with E-state index in [1.807, 2.05) is 51.1 Å². The minimum atomic E-state index is -0.907. The zero-order chi connectivity index (χ0) is 15.1. The molecule has 0 bridgehead atoms. The lowest BCUT2D eigenvalue weighted by molar-refractivity contribution is -0.162. The van der Waals surface area contributed by atoms with E-state index in [1.54, 1.807) is 0 Å². The number of rotatable bonds is 2. The molecule has 2 fully saturated rings. The Bertz CT molecular complexity index is 511. The zero-order valence-corrected chi connectivity index (χ0v) is 13.1. The van der Waals surface area contributed by atoms with E-state index < -0.39 is 11.9 Å². The predicted octanol–water partition coefficient (Wildman–Crippen LogP) is 4.02. The molecule has 21 heavy (non-hydrogen) atoms. The molecule has 0 amide bonds. The molecule has 0 radical (unpaired) electrons. The number of hydrogen-bond donors (Lipinski definition) is 0. The summed E-state index contributed by atoms with van der Waals surface area (Å²) in [5, 5.41) is 0. The van der Waals surface area contributed by atoms with Crippen molar-refractivity contribution in [3.63, 3.8) is 0 Å². The van der Waals surface area contributed by atoms with Crippen molar-refractivity contribution in [3.8, 4) is 0 Å². The van der Waals surface area contributed by atoms with Crippen molar-refractivity contribution in [2.45, 2.75) is 58.3 Å². The summed E-state index contributed by atoms with van der Waals surface area (Å²) < 4.78 is 12.0. The van der Waals surface area contributed by atoms with E-state index in [0.717, 1.165) is 31.2 Å². The third kappa shape index (κ3) is 2.38. The SMILES string of the molecule is CC(C)(C)[C@H]1OC(=O)[C@](c2ccccc2)(C2CCCC2)O1. The fourth-order valence-electron chi connectivity index (χ4n) is 3.48. The van der Waals surface area contributed by atoms with Crippen molar-refractivity contribution in [2.75, 3.05) is 0 Å². The molecule has 1 aliphatic heterocycles. The van der Waals surface area contributed by atoms with Gasteiger partial charge in [-0.3, -0.25) is 0 Å². The number of benzene rings is 1. The lowest BCUT2D eigenvalue weighted by Crippen LogP contribution is -2.41. The second-order valence-electron chi connectivity index (χ2n) is 7.30. The summed E-state index contributed by atoms with van der Waals surface area (Å²) in [7, 11) is 0. The van der Waals surface area contributed by atoms with Crippen molar-refractivity contribution in [1.82, 2.24) is 0 Å². The van der Waals surface area contributed by atoms with Crippen molar-refractivity contribution in [3.05, 3.63) is 35.9 Å². The molecule has 2 aliphatic rings. The summed E-state index contributed by atoms with van der Waals surface area (Å²) in [5.74, 6) is 0.0141. The molecule has 0 spiro atoms. The van der Waals surface area contributed by atoms with Crippen LogP contribution in [0.5, 0.6) is 0 Å². The molecule has 1 heterocycles. The normalized spacial score (nSPS) is 30.6. The Hall–Kier alpha value is -1.35. The Kier molecular flexibility index (Phi) is 3.56. The van der Waals surface area contributed by atoms with Gasteiger partial charge in [-0.25, -0.2) is 4.79 Å². The zero-order valence-electron chi connectivity index (χ0n) is 13.1. The van der Waals surface area contributed by atoms with E-state index in [9.17, 15) is 4.79 Å². The van der Waals surface area contributed by atoms with Gasteiger partial charge in [-0.05, 0) is 18.4 Å². The smallest absolute Gasteiger partial charge is 0.345 e. The molecular weight excluding hydrogens is 264 g/mol. The second kappa shape index (κ2) is 5.13. The number of cyclic esters (lactones) is 1. The first-order valence-corrected chi connectivity index (χ1v) is 7.89. The van der Waals surface area contributed by atoms with Crippen LogP contribution < -0.4 is 0 Å². The van der Waals surface area contributed by atoms with E-state index in [-0.39, 0.29) is 17.3 Å². The lowest BCUT2D eigenvalue weighted by atomic mass is 9.80. The van der Waals surface area contributed by atoms with Gasteiger partial charge in [0.15, 0.2) is 5.60 Å². The minimum Gasteiger partial charge on any atom is -0.433 e. The molecule has 1 aromatic rings. The van der Waals surface area contributed by atoms with Gasteiger partial charge >= 0.3 is 5.97 Å². The highest BCUT2D eigenvalue weighted by atomic mass is 16.8. The van der Waals surface area contributed by atoms with Crippen LogP contribution in [0.3, 0.4) is 0 Å². The molecule has 2 atom stereocenters. The van der Waals surface area contributed by atoms with Crippen molar-refractivity contribution >= 4 is 5.97 Å². The molecule has 1 aromatic carbocycles. The first kappa shape index (κ1) is 14.6. The molecule has 1 aliphatic carbocycles. The van der Waals surface area contributed by atoms with Gasteiger partial charge in [0.05, 0.1) is 0 Å². The quantitative estimate of drug-likeness (QED) is 0.771. The third-order valence-electron chi connectivity index (χ3n) is 4.65. The molecule has 3 rings (SSSR count). The second-order valence-corrected chi connectivity index (χ2v) is 7.30. The van der Waals surface area contributed by atoms with Crippen molar-refractivity contribution in [2.24, 2.45) is 11.3 Å². The predicted molar refractivity (Wildman–Crippen MR) is 80.5 cm³/mol. The Morgan fingerprint density at radius 2 is 1.71 bits per heavy atom. The van der Waals surface area contributed by atoms with Gasteiger partial charge in [-0.1, -0.05) is 63.9 Å². The summed E-state index contributed by atoms with van der Waals surface area (Å²) in [5.41, 5.74) is -0.186. The molecule has 1 saturated heterocycles. The highest BCUT2D eigenvalue weighted by molar-refractivity contribution is 5.83. The van der Waals surface area contributed by atoms with E-state index >= 15 is 0 Å². The van der Waals surface area contributed by atoms with Crippen LogP contribution in [0.15, 0.2) is 30.3 Å². The van der Waals surface area contributed by atoms with Crippen LogP contribution in [0.2, 0.25) is 0 Å². The molecule has 1 saturated carbocycles. The molecule has 0 aromatic heterocycles. The molecular formula is C18H24O3. The van der Waals surface area contributed by atoms with E-state index in [4.69, 9.17) is 9.47 Å². The van der Waals surface area contributed by atoms with E-state index in [1.165, 1.54) is 0 Å². The molecule has 0 unspecified atom stereocenters. The first-order valence-electron chi connectivity index (χ1n) is 7.89. The van der Waals surface area contributed by atoms with Crippen LogP contribution in [-0.2, 0) is 19.9 Å². The first-order chi connectivity index (χ1) is 9.94. The monoisotopic (exact) mass is 288 g/mol.